The van der Waals surface area contributed by atoms with Crippen LogP contribution in [-0.4, -0.2) is 45.1 Å². The van der Waals surface area contributed by atoms with E-state index in [1.807, 2.05) is 19.1 Å². The van der Waals surface area contributed by atoms with Crippen molar-refractivity contribution in [2.24, 2.45) is 4.99 Å². The lowest BCUT2D eigenvalue weighted by molar-refractivity contribution is -0.139. The van der Waals surface area contributed by atoms with E-state index >= 15 is 0 Å². The van der Waals surface area contributed by atoms with Crippen LogP contribution in [-0.2, 0) is 9.53 Å². The van der Waals surface area contributed by atoms with Gasteiger partial charge in [-0.15, -0.1) is 0 Å². The van der Waals surface area contributed by atoms with Crippen LogP contribution in [0.25, 0.3) is 6.08 Å². The molecule has 2 heterocycles. The van der Waals surface area contributed by atoms with Gasteiger partial charge in [-0.2, -0.15) is 0 Å². The first-order valence-electron chi connectivity index (χ1n) is 12.1. The Morgan fingerprint density at radius 2 is 1.76 bits per heavy atom. The number of esters is 1. The van der Waals surface area contributed by atoms with E-state index in [-0.39, 0.29) is 12.2 Å². The number of nitrogens with zero attached hydrogens (tertiary/aromatic N) is 2. The van der Waals surface area contributed by atoms with Crippen molar-refractivity contribution in [1.29, 1.82) is 0 Å². The molecule has 2 aromatic carbocycles. The number of fused-ring (bicyclic) bond motifs is 1. The molecule has 0 amide bonds. The van der Waals surface area contributed by atoms with Gasteiger partial charge in [-0.05, 0) is 56.7 Å². The first-order valence-corrected chi connectivity index (χ1v) is 12.9. The third-order valence-corrected chi connectivity index (χ3v) is 7.03. The maximum absolute atomic E-state index is 13.9. The molecule has 0 fully saturated rings. The van der Waals surface area contributed by atoms with Crippen LogP contribution in [0.3, 0.4) is 0 Å². The number of ether oxygens (including phenoxy) is 5. The van der Waals surface area contributed by atoms with E-state index in [1.54, 1.807) is 65.5 Å². The van der Waals surface area contributed by atoms with E-state index in [4.69, 9.17) is 23.7 Å². The summed E-state index contributed by atoms with van der Waals surface area (Å²) >= 11 is 1.24. The van der Waals surface area contributed by atoms with Crippen molar-refractivity contribution in [2.75, 3.05) is 34.5 Å². The normalized spacial score (nSPS) is 15.0. The summed E-state index contributed by atoms with van der Waals surface area (Å²) in [6.07, 6.45) is 1.75. The maximum atomic E-state index is 13.9. The molecule has 38 heavy (non-hydrogen) atoms. The van der Waals surface area contributed by atoms with Crippen molar-refractivity contribution in [1.82, 2.24) is 4.57 Å². The fourth-order valence-electron chi connectivity index (χ4n) is 4.32. The van der Waals surface area contributed by atoms with Crippen LogP contribution < -0.4 is 33.8 Å². The molecule has 0 N–H and O–H groups in total. The van der Waals surface area contributed by atoms with Crippen LogP contribution in [0.15, 0.2) is 57.5 Å². The number of methoxy groups -OCH3 is 3. The first-order chi connectivity index (χ1) is 18.4. The lowest BCUT2D eigenvalue weighted by Gasteiger charge is -2.25. The number of aromatic nitrogens is 1. The molecular weight excluding hydrogens is 508 g/mol. The Labute approximate surface area is 224 Å². The van der Waals surface area contributed by atoms with Gasteiger partial charge in [0.25, 0.3) is 5.56 Å². The second kappa shape index (κ2) is 11.6. The van der Waals surface area contributed by atoms with E-state index in [9.17, 15) is 9.59 Å². The second-order valence-electron chi connectivity index (χ2n) is 8.25. The average molecular weight is 539 g/mol. The Balaban J connectivity index is 1.96. The number of benzene rings is 2. The molecule has 0 radical (unpaired) electrons. The van der Waals surface area contributed by atoms with Gasteiger partial charge in [0.15, 0.2) is 16.3 Å². The Kier molecular flexibility index (Phi) is 8.21. The van der Waals surface area contributed by atoms with Crippen molar-refractivity contribution in [2.45, 2.75) is 26.8 Å². The molecule has 0 spiro atoms. The minimum Gasteiger partial charge on any atom is -0.497 e. The molecule has 10 heteroatoms. The summed E-state index contributed by atoms with van der Waals surface area (Å²) in [5.41, 5.74) is 1.86. The maximum Gasteiger partial charge on any atom is 0.338 e. The zero-order valence-electron chi connectivity index (χ0n) is 22.2. The van der Waals surface area contributed by atoms with Crippen LogP contribution in [0.1, 0.15) is 37.9 Å². The van der Waals surface area contributed by atoms with Crippen molar-refractivity contribution < 1.29 is 28.5 Å². The van der Waals surface area contributed by atoms with Crippen molar-refractivity contribution in [3.05, 3.63) is 78.5 Å². The minimum absolute atomic E-state index is 0.191. The summed E-state index contributed by atoms with van der Waals surface area (Å²) < 4.78 is 29.4. The number of hydrogen-bond acceptors (Lipinski definition) is 9. The van der Waals surface area contributed by atoms with E-state index in [0.717, 1.165) is 0 Å². The van der Waals surface area contributed by atoms with Gasteiger partial charge < -0.3 is 23.7 Å². The largest absolute Gasteiger partial charge is 0.497 e. The number of carbonyl (C=O) groups is 1. The van der Waals surface area contributed by atoms with Gasteiger partial charge in [0.2, 0.25) is 0 Å². The summed E-state index contributed by atoms with van der Waals surface area (Å²) in [5, 5.41) is 0. The fraction of sp³-hybridized carbons (Fsp3) is 0.321. The van der Waals surface area contributed by atoms with Crippen LogP contribution in [0.2, 0.25) is 0 Å². The van der Waals surface area contributed by atoms with E-state index in [1.165, 1.54) is 15.9 Å². The second-order valence-corrected chi connectivity index (χ2v) is 9.26. The zero-order valence-corrected chi connectivity index (χ0v) is 23.0. The van der Waals surface area contributed by atoms with Crippen LogP contribution >= 0.6 is 11.3 Å². The predicted octanol–water partition coefficient (Wildman–Crippen LogP) is 3.22. The molecule has 0 aliphatic carbocycles. The van der Waals surface area contributed by atoms with Gasteiger partial charge in [-0.25, -0.2) is 9.79 Å². The molecule has 0 unspecified atom stereocenters. The molecule has 1 atom stereocenters. The van der Waals surface area contributed by atoms with E-state index < -0.39 is 12.0 Å². The first kappa shape index (κ1) is 27.0. The fourth-order valence-corrected chi connectivity index (χ4v) is 5.35. The number of allylic oxidation sites excluding steroid dienone is 1. The van der Waals surface area contributed by atoms with Crippen LogP contribution in [0.4, 0.5) is 0 Å². The molecule has 0 bridgehead atoms. The average Bonchev–Trinajstić information content (AvgIpc) is 3.22. The zero-order chi connectivity index (χ0) is 27.4. The molecule has 0 saturated carbocycles. The van der Waals surface area contributed by atoms with Crippen molar-refractivity contribution in [3.63, 3.8) is 0 Å². The third-order valence-electron chi connectivity index (χ3n) is 6.05. The van der Waals surface area contributed by atoms with Crippen molar-refractivity contribution >= 4 is 23.4 Å². The van der Waals surface area contributed by atoms with Gasteiger partial charge in [0.1, 0.15) is 11.5 Å². The highest BCUT2D eigenvalue weighted by Crippen LogP contribution is 2.36. The van der Waals surface area contributed by atoms with Gasteiger partial charge >= 0.3 is 5.97 Å². The van der Waals surface area contributed by atoms with E-state index in [0.29, 0.717) is 61.3 Å². The summed E-state index contributed by atoms with van der Waals surface area (Å²) in [6.45, 7) is 5.97. The number of thiazole rings is 1. The molecule has 9 nitrogen and oxygen atoms in total. The van der Waals surface area contributed by atoms with Crippen molar-refractivity contribution in [3.8, 4) is 23.0 Å². The molecule has 1 aromatic heterocycles. The van der Waals surface area contributed by atoms with Gasteiger partial charge in [-0.1, -0.05) is 17.4 Å². The topological polar surface area (TPSA) is 97.6 Å². The van der Waals surface area contributed by atoms with E-state index in [2.05, 4.69) is 4.99 Å². The number of rotatable bonds is 9. The monoisotopic (exact) mass is 538 g/mol. The van der Waals surface area contributed by atoms with Crippen LogP contribution in [0.5, 0.6) is 23.0 Å². The van der Waals surface area contributed by atoms with Crippen LogP contribution in [0, 0.1) is 0 Å². The molecule has 4 rings (SSSR count). The Bertz CT molecular complexity index is 1570. The SMILES string of the molecule is CCOC(=O)C1=C(C)N=c2s/c(=C\c3ccc(OC)cc3OC)c(=O)n2[C@H]1c1ccc(OC)c(OCC)c1. The lowest BCUT2D eigenvalue weighted by atomic mass is 9.95. The smallest absolute Gasteiger partial charge is 0.338 e. The summed E-state index contributed by atoms with van der Waals surface area (Å²) in [6, 6.07) is 9.96. The highest BCUT2D eigenvalue weighted by Gasteiger charge is 2.34. The van der Waals surface area contributed by atoms with Gasteiger partial charge in [-0.3, -0.25) is 9.36 Å². The highest BCUT2D eigenvalue weighted by atomic mass is 32.1. The number of carbonyl (C=O) groups excluding carboxylic acids is 1. The minimum atomic E-state index is -0.768. The Morgan fingerprint density at radius 1 is 1.00 bits per heavy atom. The molecule has 3 aromatic rings. The quantitative estimate of drug-likeness (QED) is 0.386. The lowest BCUT2D eigenvalue weighted by Crippen LogP contribution is -2.40. The number of hydrogen-bond donors (Lipinski definition) is 0. The molecular formula is C28H30N2O7S. The Hall–Kier alpha value is -4.05. The highest BCUT2D eigenvalue weighted by molar-refractivity contribution is 7.07. The predicted molar refractivity (Wildman–Crippen MR) is 144 cm³/mol. The standard InChI is InChI=1S/C28H30N2O7S/c1-7-36-22-13-18(10-12-20(22)34-5)25-24(27(32)37-8-2)16(3)29-28-30(25)26(31)23(38-28)14-17-9-11-19(33-4)15-21(17)35-6/h9-15,25H,7-8H2,1-6H3/b23-14-/t25-/m0/s1. The summed E-state index contributed by atoms with van der Waals surface area (Å²) in [7, 11) is 4.69. The Morgan fingerprint density at radius 3 is 2.42 bits per heavy atom. The molecule has 1 aliphatic heterocycles. The summed E-state index contributed by atoms with van der Waals surface area (Å²) in [5.74, 6) is 1.73. The summed E-state index contributed by atoms with van der Waals surface area (Å²) in [4.78, 5) is 32.1. The third kappa shape index (κ3) is 5.04. The van der Waals surface area contributed by atoms with Gasteiger partial charge in [0, 0.05) is 11.6 Å². The molecule has 0 saturated heterocycles. The molecule has 200 valence electrons. The van der Waals surface area contributed by atoms with Gasteiger partial charge in [0.05, 0.1) is 56.4 Å². The molecule has 1 aliphatic rings.